The zero-order valence-electron chi connectivity index (χ0n) is 17.6. The standard InChI is InChI=1S/C26H24N2O4/c29-25-23-14-21(17-27(23)15-19-10-12-20(13-11-19)26(30)31)32-24-9-5-4-8-22(24)28(25)16-18-6-2-1-3-7-18/h1-13,21,23H,14-17H2,(H,30,31). The first-order valence-electron chi connectivity index (χ1n) is 10.8. The van der Waals surface area contributed by atoms with Crippen molar-refractivity contribution in [2.75, 3.05) is 11.4 Å². The number of para-hydroxylation sites is 2. The predicted molar refractivity (Wildman–Crippen MR) is 121 cm³/mol. The van der Waals surface area contributed by atoms with Crippen LogP contribution in [-0.2, 0) is 17.9 Å². The Morgan fingerprint density at radius 3 is 2.34 bits per heavy atom. The molecule has 2 aliphatic rings. The molecule has 1 amide bonds. The van der Waals surface area contributed by atoms with E-state index in [2.05, 4.69) is 4.90 Å². The Hall–Kier alpha value is -3.64. The summed E-state index contributed by atoms with van der Waals surface area (Å²) in [7, 11) is 0. The van der Waals surface area contributed by atoms with Gasteiger partial charge in [-0.1, -0.05) is 54.6 Å². The van der Waals surface area contributed by atoms with Crippen molar-refractivity contribution in [1.29, 1.82) is 0 Å². The Morgan fingerprint density at radius 1 is 0.906 bits per heavy atom. The summed E-state index contributed by atoms with van der Waals surface area (Å²) in [6.07, 6.45) is 0.563. The average molecular weight is 428 g/mol. The van der Waals surface area contributed by atoms with Gasteiger partial charge in [0.15, 0.2) is 0 Å². The lowest BCUT2D eigenvalue weighted by Gasteiger charge is -2.32. The molecule has 6 nitrogen and oxygen atoms in total. The molecule has 32 heavy (non-hydrogen) atoms. The van der Waals surface area contributed by atoms with Crippen LogP contribution in [0, 0.1) is 0 Å². The molecule has 3 aromatic carbocycles. The fraction of sp³-hybridized carbons (Fsp3) is 0.231. The number of nitrogens with zero attached hydrogens (tertiary/aromatic N) is 2. The first-order chi connectivity index (χ1) is 15.6. The summed E-state index contributed by atoms with van der Waals surface area (Å²) in [5, 5.41) is 9.14. The minimum absolute atomic E-state index is 0.0641. The highest BCUT2D eigenvalue weighted by Gasteiger charge is 2.42. The first-order valence-corrected chi connectivity index (χ1v) is 10.8. The molecule has 0 spiro atoms. The van der Waals surface area contributed by atoms with Crippen LogP contribution in [0.3, 0.4) is 0 Å². The molecule has 5 rings (SSSR count). The Morgan fingerprint density at radius 2 is 1.59 bits per heavy atom. The molecule has 1 fully saturated rings. The van der Waals surface area contributed by atoms with Crippen LogP contribution in [-0.4, -0.2) is 40.6 Å². The van der Waals surface area contributed by atoms with Crippen molar-refractivity contribution >= 4 is 17.6 Å². The predicted octanol–water partition coefficient (Wildman–Crippen LogP) is 3.95. The largest absolute Gasteiger partial charge is 0.487 e. The van der Waals surface area contributed by atoms with E-state index in [9.17, 15) is 9.59 Å². The van der Waals surface area contributed by atoms with E-state index in [1.54, 1.807) is 12.1 Å². The first kappa shape index (κ1) is 20.3. The molecule has 2 unspecified atom stereocenters. The van der Waals surface area contributed by atoms with Gasteiger partial charge in [-0.25, -0.2) is 4.79 Å². The molecule has 6 heteroatoms. The van der Waals surface area contributed by atoms with Crippen molar-refractivity contribution < 1.29 is 19.4 Å². The molecular weight excluding hydrogens is 404 g/mol. The summed E-state index contributed by atoms with van der Waals surface area (Å²) in [5.74, 6) is -0.151. The summed E-state index contributed by atoms with van der Waals surface area (Å²) in [4.78, 5) is 28.9. The number of hydrogen-bond acceptors (Lipinski definition) is 4. The SMILES string of the molecule is O=C(O)c1ccc(CN2CC3CC2C(=O)N(Cc2ccccc2)c2ccccc2O3)cc1. The van der Waals surface area contributed by atoms with Crippen LogP contribution in [0.5, 0.6) is 5.75 Å². The fourth-order valence-electron chi connectivity index (χ4n) is 4.55. The monoisotopic (exact) mass is 428 g/mol. The molecule has 0 aliphatic carbocycles. The Labute approximate surface area is 186 Å². The number of rotatable bonds is 5. The maximum absolute atomic E-state index is 13.8. The van der Waals surface area contributed by atoms with Gasteiger partial charge < -0.3 is 14.7 Å². The number of carboxylic acids is 1. The van der Waals surface area contributed by atoms with Gasteiger partial charge in [0, 0.05) is 19.5 Å². The van der Waals surface area contributed by atoms with Crippen molar-refractivity contribution in [3.05, 3.63) is 95.6 Å². The van der Waals surface area contributed by atoms with Gasteiger partial charge in [0.2, 0.25) is 5.91 Å². The average Bonchev–Trinajstić information content (AvgIpc) is 3.21. The van der Waals surface area contributed by atoms with E-state index >= 15 is 0 Å². The van der Waals surface area contributed by atoms with E-state index in [0.29, 0.717) is 26.1 Å². The van der Waals surface area contributed by atoms with Crippen LogP contribution >= 0.6 is 0 Å². The number of amides is 1. The van der Waals surface area contributed by atoms with Gasteiger partial charge in [0.25, 0.3) is 0 Å². The van der Waals surface area contributed by atoms with Crippen molar-refractivity contribution in [2.45, 2.75) is 31.7 Å². The number of hydrogen-bond donors (Lipinski definition) is 1. The molecule has 0 radical (unpaired) electrons. The fourth-order valence-corrected chi connectivity index (χ4v) is 4.55. The number of aromatic carboxylic acids is 1. The molecule has 2 heterocycles. The molecule has 2 atom stereocenters. The van der Waals surface area contributed by atoms with Crippen LogP contribution in [0.4, 0.5) is 5.69 Å². The van der Waals surface area contributed by atoms with Crippen molar-refractivity contribution in [2.24, 2.45) is 0 Å². The van der Waals surface area contributed by atoms with Crippen molar-refractivity contribution in [1.82, 2.24) is 4.90 Å². The molecule has 0 aromatic heterocycles. The quantitative estimate of drug-likeness (QED) is 0.666. The lowest BCUT2D eigenvalue weighted by molar-refractivity contribution is -0.123. The molecule has 1 saturated heterocycles. The zero-order valence-corrected chi connectivity index (χ0v) is 17.6. The summed E-state index contributed by atoms with van der Waals surface area (Å²) >= 11 is 0. The Balaban J connectivity index is 1.44. The number of likely N-dealkylation sites (tertiary alicyclic amines) is 1. The summed E-state index contributed by atoms with van der Waals surface area (Å²) < 4.78 is 6.35. The van der Waals surface area contributed by atoms with Gasteiger partial charge in [0.1, 0.15) is 11.9 Å². The number of ether oxygens (including phenoxy) is 1. The Bertz CT molecular complexity index is 1130. The van der Waals surface area contributed by atoms with Gasteiger partial charge in [-0.3, -0.25) is 9.69 Å². The number of anilines is 1. The molecule has 2 aliphatic heterocycles. The smallest absolute Gasteiger partial charge is 0.335 e. The number of carbonyl (C=O) groups excluding carboxylic acids is 1. The van der Waals surface area contributed by atoms with E-state index in [0.717, 1.165) is 22.6 Å². The van der Waals surface area contributed by atoms with Gasteiger partial charge in [-0.05, 0) is 35.4 Å². The summed E-state index contributed by atoms with van der Waals surface area (Å²) in [6, 6.07) is 24.2. The van der Waals surface area contributed by atoms with E-state index in [1.165, 1.54) is 0 Å². The highest BCUT2D eigenvalue weighted by Crippen LogP contribution is 2.37. The number of carbonyl (C=O) groups is 2. The van der Waals surface area contributed by atoms with Crippen LogP contribution in [0.2, 0.25) is 0 Å². The summed E-state index contributed by atoms with van der Waals surface area (Å²) in [5.41, 5.74) is 3.08. The third-order valence-corrected chi connectivity index (χ3v) is 6.14. The summed E-state index contributed by atoms with van der Waals surface area (Å²) in [6.45, 7) is 1.68. The Kier molecular flexibility index (Phi) is 5.37. The van der Waals surface area contributed by atoms with E-state index in [1.807, 2.05) is 71.6 Å². The second-order valence-electron chi connectivity index (χ2n) is 8.30. The molecule has 2 bridgehead atoms. The number of fused-ring (bicyclic) bond motifs is 3. The van der Waals surface area contributed by atoms with Crippen molar-refractivity contribution in [3.8, 4) is 5.75 Å². The number of carboxylic acid groups (broad SMARTS) is 1. The molecule has 162 valence electrons. The van der Waals surface area contributed by atoms with E-state index in [-0.39, 0.29) is 23.6 Å². The second kappa shape index (κ2) is 8.48. The molecule has 1 N–H and O–H groups in total. The van der Waals surface area contributed by atoms with E-state index < -0.39 is 5.97 Å². The van der Waals surface area contributed by atoms with Crippen molar-refractivity contribution in [3.63, 3.8) is 0 Å². The van der Waals surface area contributed by atoms with Crippen LogP contribution in [0.25, 0.3) is 0 Å². The van der Waals surface area contributed by atoms with Crippen LogP contribution in [0.15, 0.2) is 78.9 Å². The second-order valence-corrected chi connectivity index (χ2v) is 8.30. The lowest BCUT2D eigenvalue weighted by atomic mass is 10.1. The van der Waals surface area contributed by atoms with Gasteiger partial charge in [-0.15, -0.1) is 0 Å². The maximum atomic E-state index is 13.8. The van der Waals surface area contributed by atoms with Crippen LogP contribution in [0.1, 0.15) is 27.9 Å². The minimum atomic E-state index is -0.945. The molecule has 0 saturated carbocycles. The normalized spacial score (nSPS) is 20.2. The molecular formula is C26H24N2O4. The van der Waals surface area contributed by atoms with Gasteiger partial charge in [-0.2, -0.15) is 0 Å². The number of benzene rings is 3. The van der Waals surface area contributed by atoms with Crippen LogP contribution < -0.4 is 9.64 Å². The van der Waals surface area contributed by atoms with E-state index in [4.69, 9.17) is 9.84 Å². The van der Waals surface area contributed by atoms with Gasteiger partial charge >= 0.3 is 5.97 Å². The highest BCUT2D eigenvalue weighted by molar-refractivity contribution is 5.99. The lowest BCUT2D eigenvalue weighted by Crippen LogP contribution is -2.45. The van der Waals surface area contributed by atoms with Gasteiger partial charge in [0.05, 0.1) is 23.8 Å². The third kappa shape index (κ3) is 3.97. The third-order valence-electron chi connectivity index (χ3n) is 6.14. The maximum Gasteiger partial charge on any atom is 0.335 e. The zero-order chi connectivity index (χ0) is 22.1. The topological polar surface area (TPSA) is 70.1 Å². The highest BCUT2D eigenvalue weighted by atomic mass is 16.5. The molecule has 3 aromatic rings. The minimum Gasteiger partial charge on any atom is -0.487 e.